The first-order valence-electron chi connectivity index (χ1n) is 12.6. The van der Waals surface area contributed by atoms with E-state index in [0.29, 0.717) is 61.6 Å². The Balaban J connectivity index is 1.25. The van der Waals surface area contributed by atoms with Gasteiger partial charge in [0, 0.05) is 61.1 Å². The summed E-state index contributed by atoms with van der Waals surface area (Å²) in [5, 5.41) is 9.12. The van der Waals surface area contributed by atoms with Gasteiger partial charge in [0.25, 0.3) is 0 Å². The average molecular weight is 526 g/mol. The molecule has 0 amide bonds. The molecule has 0 bridgehead atoms. The molecule has 3 aliphatic rings. The van der Waals surface area contributed by atoms with Crippen molar-refractivity contribution in [2.75, 3.05) is 13.2 Å². The van der Waals surface area contributed by atoms with Gasteiger partial charge in [-0.1, -0.05) is 12.1 Å². The summed E-state index contributed by atoms with van der Waals surface area (Å²) in [6.07, 6.45) is 0.135. The Labute approximate surface area is 217 Å². The molecule has 198 valence electrons. The van der Waals surface area contributed by atoms with Gasteiger partial charge >= 0.3 is 12.1 Å². The van der Waals surface area contributed by atoms with E-state index < -0.39 is 17.7 Å². The number of alkyl halides is 3. The van der Waals surface area contributed by atoms with Gasteiger partial charge < -0.3 is 14.6 Å². The van der Waals surface area contributed by atoms with Crippen LogP contribution in [0, 0.1) is 0 Å². The minimum Gasteiger partial charge on any atom is -0.492 e. The number of ether oxygens (including phenoxy) is 2. The maximum absolute atomic E-state index is 14.1. The first kappa shape index (κ1) is 24.7. The third-order valence-corrected chi connectivity index (χ3v) is 7.66. The second-order valence-corrected chi connectivity index (χ2v) is 10.1. The lowest BCUT2D eigenvalue weighted by atomic mass is 9.95. The lowest BCUT2D eigenvalue weighted by molar-refractivity contribution is -0.139. The topological polar surface area (TPSA) is 84.8 Å². The van der Waals surface area contributed by atoms with Crippen molar-refractivity contribution in [3.63, 3.8) is 0 Å². The number of rotatable bonds is 6. The van der Waals surface area contributed by atoms with Gasteiger partial charge in [0.2, 0.25) is 0 Å². The quantitative estimate of drug-likeness (QED) is 0.481. The number of carbonyl (C=O) groups is 1. The number of halogens is 3. The first-order chi connectivity index (χ1) is 18.3. The van der Waals surface area contributed by atoms with Gasteiger partial charge in [-0.3, -0.25) is 9.69 Å². The van der Waals surface area contributed by atoms with Crippen molar-refractivity contribution in [2.24, 2.45) is 0 Å². The molecule has 2 aliphatic heterocycles. The number of aromatic nitrogens is 2. The van der Waals surface area contributed by atoms with Crippen LogP contribution >= 0.6 is 0 Å². The molecule has 0 spiro atoms. The Morgan fingerprint density at radius 3 is 2.84 bits per heavy atom. The average Bonchev–Trinajstić information content (AvgIpc) is 3.47. The Morgan fingerprint density at radius 2 is 2.03 bits per heavy atom. The zero-order valence-electron chi connectivity index (χ0n) is 20.5. The molecule has 0 saturated heterocycles. The zero-order valence-corrected chi connectivity index (χ0v) is 20.5. The Hall–Kier alpha value is -3.66. The van der Waals surface area contributed by atoms with E-state index in [0.717, 1.165) is 22.4 Å². The maximum atomic E-state index is 14.1. The maximum Gasteiger partial charge on any atom is 0.416 e. The van der Waals surface area contributed by atoms with Crippen LogP contribution < -0.4 is 9.47 Å². The number of nitrogens with zero attached hydrogens (tertiary/aromatic N) is 3. The van der Waals surface area contributed by atoms with Crippen molar-refractivity contribution >= 4 is 5.97 Å². The van der Waals surface area contributed by atoms with E-state index in [1.807, 2.05) is 11.0 Å². The fourth-order valence-corrected chi connectivity index (χ4v) is 5.87. The van der Waals surface area contributed by atoms with Gasteiger partial charge in [-0.15, -0.1) is 0 Å². The van der Waals surface area contributed by atoms with E-state index in [-0.39, 0.29) is 25.0 Å². The van der Waals surface area contributed by atoms with Crippen molar-refractivity contribution in [3.05, 3.63) is 81.9 Å². The van der Waals surface area contributed by atoms with Gasteiger partial charge in [-0.05, 0) is 41.7 Å². The molecular weight excluding hydrogens is 499 g/mol. The lowest BCUT2D eigenvalue weighted by Gasteiger charge is -2.29. The molecule has 10 heteroatoms. The molecule has 1 N–H and O–H groups in total. The van der Waals surface area contributed by atoms with Crippen LogP contribution in [0.15, 0.2) is 42.9 Å². The fourth-order valence-electron chi connectivity index (χ4n) is 5.87. The molecule has 6 rings (SSSR count). The minimum absolute atomic E-state index is 0.0108. The number of hydrogen-bond acceptors (Lipinski definition) is 6. The molecule has 3 aromatic rings. The molecule has 2 unspecified atom stereocenters. The van der Waals surface area contributed by atoms with E-state index >= 15 is 0 Å². The summed E-state index contributed by atoms with van der Waals surface area (Å²) in [4.78, 5) is 21.5. The smallest absolute Gasteiger partial charge is 0.416 e. The van der Waals surface area contributed by atoms with Gasteiger partial charge in [0.05, 0.1) is 18.6 Å². The van der Waals surface area contributed by atoms with Crippen molar-refractivity contribution in [1.82, 2.24) is 14.9 Å². The van der Waals surface area contributed by atoms with E-state index in [9.17, 15) is 18.0 Å². The number of aliphatic carboxylic acids is 1. The largest absolute Gasteiger partial charge is 0.492 e. The molecule has 1 aliphatic carbocycles. The molecule has 38 heavy (non-hydrogen) atoms. The summed E-state index contributed by atoms with van der Waals surface area (Å²) in [7, 11) is 0. The predicted molar refractivity (Wildman–Crippen MR) is 130 cm³/mol. The summed E-state index contributed by atoms with van der Waals surface area (Å²) in [6.45, 7) is 1.63. The van der Waals surface area contributed by atoms with Gasteiger partial charge in [-0.2, -0.15) is 13.2 Å². The number of carboxylic acid groups (broad SMARTS) is 1. The van der Waals surface area contributed by atoms with Crippen molar-refractivity contribution in [2.45, 2.75) is 57.0 Å². The Kier molecular flexibility index (Phi) is 6.22. The van der Waals surface area contributed by atoms with Gasteiger partial charge in [0.15, 0.2) is 0 Å². The van der Waals surface area contributed by atoms with Crippen LogP contribution in [0.2, 0.25) is 0 Å². The van der Waals surface area contributed by atoms with E-state index in [1.54, 1.807) is 24.4 Å². The molecular formula is C28H26F3N3O4. The summed E-state index contributed by atoms with van der Waals surface area (Å²) < 4.78 is 54.2. The predicted octanol–water partition coefficient (Wildman–Crippen LogP) is 5.07. The molecule has 0 fully saturated rings. The second kappa shape index (κ2) is 9.58. The number of hydrogen-bond donors (Lipinski definition) is 1. The standard InChI is InChI=1S/C28H26F3N3O4/c29-28(30,31)23-5-3-21-20(22(23)13-34-8-7-24-17(12-34)11-32-15-33-24)4-6-25(21)38-18-1-2-19-16(9-27(35)36)14-37-26(19)10-18/h1-3,5,10-11,15-16,25H,4,6-9,12-14H2,(H,35,36). The highest BCUT2D eigenvalue weighted by Gasteiger charge is 2.38. The lowest BCUT2D eigenvalue weighted by Crippen LogP contribution is -2.32. The van der Waals surface area contributed by atoms with Crippen LogP contribution in [-0.2, 0) is 36.9 Å². The fraction of sp³-hybridized carbons (Fsp3) is 0.393. The van der Waals surface area contributed by atoms with Crippen LogP contribution in [0.1, 0.15) is 63.9 Å². The highest BCUT2D eigenvalue weighted by molar-refractivity contribution is 5.68. The van der Waals surface area contributed by atoms with Gasteiger partial charge in [0.1, 0.15) is 23.9 Å². The second-order valence-electron chi connectivity index (χ2n) is 10.1. The van der Waals surface area contributed by atoms with E-state index in [2.05, 4.69) is 9.97 Å². The highest BCUT2D eigenvalue weighted by atomic mass is 19.4. The van der Waals surface area contributed by atoms with Crippen LogP contribution in [-0.4, -0.2) is 39.1 Å². The number of fused-ring (bicyclic) bond motifs is 3. The van der Waals surface area contributed by atoms with E-state index in [4.69, 9.17) is 14.6 Å². The van der Waals surface area contributed by atoms with Crippen molar-refractivity contribution < 1.29 is 32.5 Å². The summed E-state index contributed by atoms with van der Waals surface area (Å²) in [5.74, 6) is 0.0481. The Morgan fingerprint density at radius 1 is 1.18 bits per heavy atom. The molecule has 7 nitrogen and oxygen atoms in total. The Bertz CT molecular complexity index is 1390. The van der Waals surface area contributed by atoms with Crippen LogP contribution in [0.25, 0.3) is 0 Å². The SMILES string of the molecule is O=C(O)CC1COc2cc(OC3CCc4c3ccc(C(F)(F)F)c4CN3CCc4ncncc4C3)ccc21. The first-order valence-corrected chi connectivity index (χ1v) is 12.6. The third kappa shape index (κ3) is 4.69. The number of carboxylic acids is 1. The van der Waals surface area contributed by atoms with Crippen LogP contribution in [0.4, 0.5) is 13.2 Å². The molecule has 2 atom stereocenters. The van der Waals surface area contributed by atoms with Crippen molar-refractivity contribution in [3.8, 4) is 11.5 Å². The zero-order chi connectivity index (χ0) is 26.4. The monoisotopic (exact) mass is 525 g/mol. The summed E-state index contributed by atoms with van der Waals surface area (Å²) in [5.41, 5.74) is 3.93. The normalized spacial score (nSPS) is 20.4. The van der Waals surface area contributed by atoms with Crippen LogP contribution in [0.3, 0.4) is 0 Å². The molecule has 0 saturated carbocycles. The van der Waals surface area contributed by atoms with Gasteiger partial charge in [-0.25, -0.2) is 9.97 Å². The molecule has 1 aromatic heterocycles. The highest BCUT2D eigenvalue weighted by Crippen LogP contribution is 2.44. The molecule has 3 heterocycles. The minimum atomic E-state index is -4.45. The summed E-state index contributed by atoms with van der Waals surface area (Å²) >= 11 is 0. The summed E-state index contributed by atoms with van der Waals surface area (Å²) in [6, 6.07) is 8.06. The molecule has 2 aromatic carbocycles. The van der Waals surface area contributed by atoms with E-state index in [1.165, 1.54) is 12.4 Å². The van der Waals surface area contributed by atoms with Crippen LogP contribution in [0.5, 0.6) is 11.5 Å². The third-order valence-electron chi connectivity index (χ3n) is 7.66. The number of benzene rings is 2. The molecule has 0 radical (unpaired) electrons. The van der Waals surface area contributed by atoms with Crippen molar-refractivity contribution in [1.29, 1.82) is 0 Å².